The Balaban J connectivity index is 1.97. The number of halogens is 1. The second-order valence-electron chi connectivity index (χ2n) is 6.62. The van der Waals surface area contributed by atoms with E-state index >= 15 is 0 Å². The molecule has 1 saturated carbocycles. The topological polar surface area (TPSA) is 46.4 Å². The van der Waals surface area contributed by atoms with Gasteiger partial charge in [0.25, 0.3) is 0 Å². The fourth-order valence-corrected chi connectivity index (χ4v) is 3.83. The van der Waals surface area contributed by atoms with Gasteiger partial charge in [0, 0.05) is 30.1 Å². The van der Waals surface area contributed by atoms with Gasteiger partial charge in [-0.2, -0.15) is 4.39 Å². The lowest BCUT2D eigenvalue weighted by Gasteiger charge is -2.30. The summed E-state index contributed by atoms with van der Waals surface area (Å²) in [6, 6.07) is 13.4. The quantitative estimate of drug-likeness (QED) is 0.599. The average Bonchev–Trinajstić information content (AvgIpc) is 2.87. The molecule has 4 rings (SSSR count). The van der Waals surface area contributed by atoms with Crippen LogP contribution in [0.4, 0.5) is 10.1 Å². The van der Waals surface area contributed by atoms with E-state index in [0.29, 0.717) is 11.8 Å². The molecular formula is C20H22FN2O2P. The Hall–Kier alpha value is -2.26. The number of aromatic hydroxyl groups is 1. The SMILES string of the molecule is CNc1c(-c2ccc(O)cc2)n(C2CCC2)c2cc(OC(F)P)ccc12. The first-order valence-electron chi connectivity index (χ1n) is 8.80. The Kier molecular flexibility index (Phi) is 4.49. The Morgan fingerprint density at radius 2 is 1.96 bits per heavy atom. The second kappa shape index (κ2) is 6.81. The molecule has 2 aromatic carbocycles. The minimum absolute atomic E-state index is 0.246. The van der Waals surface area contributed by atoms with Crippen LogP contribution in [0.25, 0.3) is 22.2 Å². The minimum Gasteiger partial charge on any atom is -0.508 e. The summed E-state index contributed by atoms with van der Waals surface area (Å²) in [5.74, 6) is 0.758. The van der Waals surface area contributed by atoms with Crippen molar-refractivity contribution in [1.82, 2.24) is 4.57 Å². The molecule has 1 fully saturated rings. The van der Waals surface area contributed by atoms with Gasteiger partial charge in [-0.1, -0.05) is 9.24 Å². The van der Waals surface area contributed by atoms with Crippen LogP contribution < -0.4 is 10.1 Å². The molecule has 3 aromatic rings. The van der Waals surface area contributed by atoms with E-state index in [1.54, 1.807) is 18.2 Å². The van der Waals surface area contributed by atoms with Gasteiger partial charge in [-0.15, -0.1) is 0 Å². The summed E-state index contributed by atoms with van der Waals surface area (Å²) in [4.78, 5) is 0. The number of phenolic OH excluding ortho intramolecular Hbond substituents is 1. The highest BCUT2D eigenvalue weighted by molar-refractivity contribution is 7.16. The summed E-state index contributed by atoms with van der Waals surface area (Å²) >= 11 is 0. The number of aromatic nitrogens is 1. The first-order valence-corrected chi connectivity index (χ1v) is 9.46. The number of fused-ring (bicyclic) bond motifs is 1. The molecule has 1 aliphatic rings. The maximum Gasteiger partial charge on any atom is 0.249 e. The van der Waals surface area contributed by atoms with E-state index in [1.165, 1.54) is 6.42 Å². The van der Waals surface area contributed by atoms with Crippen molar-refractivity contribution in [2.45, 2.75) is 31.4 Å². The van der Waals surface area contributed by atoms with E-state index in [2.05, 4.69) is 9.88 Å². The lowest BCUT2D eigenvalue weighted by molar-refractivity contribution is 0.153. The second-order valence-corrected chi connectivity index (χ2v) is 7.15. The third-order valence-electron chi connectivity index (χ3n) is 5.06. The fraction of sp³-hybridized carbons (Fsp3) is 0.300. The molecule has 0 bridgehead atoms. The van der Waals surface area contributed by atoms with Gasteiger partial charge in [0.15, 0.2) is 0 Å². The largest absolute Gasteiger partial charge is 0.508 e. The number of hydrogen-bond donors (Lipinski definition) is 2. The highest BCUT2D eigenvalue weighted by Gasteiger charge is 2.27. The minimum atomic E-state index is -1.43. The van der Waals surface area contributed by atoms with Crippen LogP contribution in [0.5, 0.6) is 11.5 Å². The van der Waals surface area contributed by atoms with Gasteiger partial charge in [0.05, 0.1) is 16.9 Å². The number of benzene rings is 2. The van der Waals surface area contributed by atoms with Gasteiger partial charge < -0.3 is 19.7 Å². The summed E-state index contributed by atoms with van der Waals surface area (Å²) in [6.45, 7) is 0. The van der Waals surface area contributed by atoms with Crippen molar-refractivity contribution in [2.24, 2.45) is 0 Å². The predicted molar refractivity (Wildman–Crippen MR) is 107 cm³/mol. The molecule has 6 heteroatoms. The van der Waals surface area contributed by atoms with Gasteiger partial charge in [0.2, 0.25) is 6.10 Å². The average molecular weight is 372 g/mol. The van der Waals surface area contributed by atoms with Crippen LogP contribution in [-0.2, 0) is 0 Å². The standard InChI is InChI=1S/C20H22FN2O2P/c1-22-18-16-10-9-15(25-20(21)26)11-17(16)23(13-3-2-4-13)19(18)12-5-7-14(24)8-6-12/h5-11,13,20,22,24H,2-4,26H2,1H3. The fourth-order valence-electron chi connectivity index (χ4n) is 3.67. The van der Waals surface area contributed by atoms with Crippen LogP contribution in [0.3, 0.4) is 0 Å². The molecule has 2 N–H and O–H groups in total. The number of hydrogen-bond acceptors (Lipinski definition) is 3. The summed E-state index contributed by atoms with van der Waals surface area (Å²) in [5, 5.41) is 14.1. The zero-order chi connectivity index (χ0) is 18.3. The molecule has 1 aliphatic carbocycles. The first-order chi connectivity index (χ1) is 12.6. The van der Waals surface area contributed by atoms with E-state index in [1.807, 2.05) is 40.6 Å². The van der Waals surface area contributed by atoms with Gasteiger partial charge in [-0.25, -0.2) is 0 Å². The van der Waals surface area contributed by atoms with Crippen molar-refractivity contribution < 1.29 is 14.2 Å². The lowest BCUT2D eigenvalue weighted by Crippen LogP contribution is -2.18. The number of anilines is 1. The van der Waals surface area contributed by atoms with E-state index in [-0.39, 0.29) is 5.75 Å². The molecule has 4 nitrogen and oxygen atoms in total. The number of rotatable bonds is 5. The van der Waals surface area contributed by atoms with Crippen LogP contribution in [0.1, 0.15) is 25.3 Å². The molecule has 136 valence electrons. The zero-order valence-corrected chi connectivity index (χ0v) is 15.7. The molecule has 2 unspecified atom stereocenters. The van der Waals surface area contributed by atoms with Crippen LogP contribution in [0.15, 0.2) is 42.5 Å². The van der Waals surface area contributed by atoms with Gasteiger partial charge in [-0.3, -0.25) is 0 Å². The highest BCUT2D eigenvalue weighted by Crippen LogP contribution is 2.46. The van der Waals surface area contributed by atoms with Crippen molar-refractivity contribution in [3.05, 3.63) is 42.5 Å². The Bertz CT molecular complexity index is 933. The van der Waals surface area contributed by atoms with Crippen molar-refractivity contribution in [3.63, 3.8) is 0 Å². The van der Waals surface area contributed by atoms with E-state index < -0.39 is 6.10 Å². The maximum atomic E-state index is 13.3. The van der Waals surface area contributed by atoms with Crippen molar-refractivity contribution in [2.75, 3.05) is 12.4 Å². The van der Waals surface area contributed by atoms with Gasteiger partial charge in [-0.05, 0) is 55.7 Å². The molecule has 0 amide bonds. The highest BCUT2D eigenvalue weighted by atomic mass is 31.0. The molecule has 0 spiro atoms. The van der Waals surface area contributed by atoms with Crippen molar-refractivity contribution in [3.8, 4) is 22.8 Å². The molecular weight excluding hydrogens is 350 g/mol. The number of alkyl halides is 1. The molecule has 0 aliphatic heterocycles. The summed E-state index contributed by atoms with van der Waals surface area (Å²) in [7, 11) is 3.92. The van der Waals surface area contributed by atoms with Gasteiger partial charge in [0.1, 0.15) is 11.5 Å². The van der Waals surface area contributed by atoms with Crippen LogP contribution in [0.2, 0.25) is 0 Å². The smallest absolute Gasteiger partial charge is 0.249 e. The monoisotopic (exact) mass is 372 g/mol. The lowest BCUT2D eigenvalue weighted by atomic mass is 9.92. The number of nitrogens with zero attached hydrogens (tertiary/aromatic N) is 1. The van der Waals surface area contributed by atoms with E-state index in [4.69, 9.17) is 4.74 Å². The third-order valence-corrected chi connectivity index (χ3v) is 5.19. The maximum absolute atomic E-state index is 13.3. The molecule has 2 atom stereocenters. The molecule has 0 radical (unpaired) electrons. The van der Waals surface area contributed by atoms with Crippen molar-refractivity contribution in [1.29, 1.82) is 0 Å². The molecule has 26 heavy (non-hydrogen) atoms. The zero-order valence-electron chi connectivity index (χ0n) is 14.6. The Morgan fingerprint density at radius 3 is 2.54 bits per heavy atom. The summed E-state index contributed by atoms with van der Waals surface area (Å²) < 4.78 is 20.9. The first kappa shape index (κ1) is 17.2. The molecule has 1 aromatic heterocycles. The van der Waals surface area contributed by atoms with Crippen LogP contribution in [-0.4, -0.2) is 22.8 Å². The predicted octanol–water partition coefficient (Wildman–Crippen LogP) is 5.29. The van der Waals surface area contributed by atoms with Crippen molar-refractivity contribution >= 4 is 25.8 Å². The Labute approximate surface area is 154 Å². The number of nitrogens with one attached hydrogen (secondary N) is 1. The van der Waals surface area contributed by atoms with Gasteiger partial charge >= 0.3 is 0 Å². The Morgan fingerprint density at radius 1 is 1.23 bits per heavy atom. The number of ether oxygens (including phenoxy) is 1. The van der Waals surface area contributed by atoms with E-state index in [9.17, 15) is 9.50 Å². The summed E-state index contributed by atoms with van der Waals surface area (Å²) in [5.41, 5.74) is 4.19. The van der Waals surface area contributed by atoms with E-state index in [0.717, 1.165) is 40.7 Å². The normalized spacial score (nSPS) is 15.7. The van der Waals surface area contributed by atoms with Crippen LogP contribution >= 0.6 is 9.24 Å². The molecule has 0 saturated heterocycles. The third kappa shape index (κ3) is 2.90. The molecule has 1 heterocycles. The number of phenols is 1. The summed E-state index contributed by atoms with van der Waals surface area (Å²) in [6.07, 6.45) is 2.03. The van der Waals surface area contributed by atoms with Crippen LogP contribution in [0, 0.1) is 0 Å².